The van der Waals surface area contributed by atoms with E-state index in [1.807, 2.05) is 0 Å². The number of hydrogen-bond acceptors (Lipinski definition) is 3. The summed E-state index contributed by atoms with van der Waals surface area (Å²) in [5, 5.41) is 13.5. The van der Waals surface area contributed by atoms with E-state index < -0.39 is 0 Å². The highest BCUT2D eigenvalue weighted by Gasteiger charge is 2.14. The van der Waals surface area contributed by atoms with Crippen molar-refractivity contribution in [3.63, 3.8) is 0 Å². The summed E-state index contributed by atoms with van der Waals surface area (Å²) in [5.74, 6) is 0. The van der Waals surface area contributed by atoms with Gasteiger partial charge in [-0.1, -0.05) is 22.0 Å². The zero-order valence-corrected chi connectivity index (χ0v) is 8.67. The van der Waals surface area contributed by atoms with Crippen LogP contribution in [0.3, 0.4) is 0 Å². The van der Waals surface area contributed by atoms with E-state index in [1.54, 1.807) is 19.2 Å². The van der Waals surface area contributed by atoms with Crippen LogP contribution in [0, 0.1) is 10.1 Å². The molecule has 13 heavy (non-hydrogen) atoms. The smallest absolute Gasteiger partial charge is 0.275 e. The van der Waals surface area contributed by atoms with E-state index in [9.17, 15) is 10.1 Å². The number of nitro groups is 1. The van der Waals surface area contributed by atoms with Gasteiger partial charge in [0, 0.05) is 17.1 Å². The highest BCUT2D eigenvalue weighted by atomic mass is 79.9. The molecule has 1 N–H and O–H groups in total. The largest absolute Gasteiger partial charge is 0.315 e. The summed E-state index contributed by atoms with van der Waals surface area (Å²) in [4.78, 5) is 10.2. The zero-order valence-electron chi connectivity index (χ0n) is 7.08. The van der Waals surface area contributed by atoms with Gasteiger partial charge in [0.2, 0.25) is 0 Å². The quantitative estimate of drug-likeness (QED) is 0.655. The molecule has 0 saturated carbocycles. The number of nitrogens with zero attached hydrogens (tertiary/aromatic N) is 1. The second-order valence-corrected chi connectivity index (χ2v) is 3.38. The van der Waals surface area contributed by atoms with Crippen LogP contribution in [-0.2, 0) is 6.54 Å². The summed E-state index contributed by atoms with van der Waals surface area (Å²) >= 11 is 3.27. The summed E-state index contributed by atoms with van der Waals surface area (Å²) < 4.78 is 0.760. The van der Waals surface area contributed by atoms with Gasteiger partial charge in [-0.2, -0.15) is 0 Å². The fourth-order valence-electron chi connectivity index (χ4n) is 1.07. The third-order valence-electron chi connectivity index (χ3n) is 1.64. The second kappa shape index (κ2) is 4.34. The molecule has 0 radical (unpaired) electrons. The molecule has 0 heterocycles. The highest BCUT2D eigenvalue weighted by Crippen LogP contribution is 2.25. The molecule has 0 bridgehead atoms. The van der Waals surface area contributed by atoms with E-state index in [0.29, 0.717) is 12.1 Å². The van der Waals surface area contributed by atoms with E-state index in [1.165, 1.54) is 6.07 Å². The molecule has 0 atom stereocenters. The first kappa shape index (κ1) is 10.1. The van der Waals surface area contributed by atoms with Crippen LogP contribution in [0.25, 0.3) is 0 Å². The van der Waals surface area contributed by atoms with Gasteiger partial charge in [0.1, 0.15) is 0 Å². The van der Waals surface area contributed by atoms with Crippen molar-refractivity contribution in [2.45, 2.75) is 6.54 Å². The minimum absolute atomic E-state index is 0.142. The predicted molar refractivity (Wildman–Crippen MR) is 53.6 cm³/mol. The molecule has 0 aliphatic rings. The lowest BCUT2D eigenvalue weighted by Crippen LogP contribution is -2.08. The first-order valence-corrected chi connectivity index (χ1v) is 4.52. The lowest BCUT2D eigenvalue weighted by molar-refractivity contribution is -0.385. The summed E-state index contributed by atoms with van der Waals surface area (Å²) in [7, 11) is 1.75. The van der Waals surface area contributed by atoms with Crippen molar-refractivity contribution in [3.05, 3.63) is 38.3 Å². The summed E-state index contributed by atoms with van der Waals surface area (Å²) in [6.07, 6.45) is 0. The maximum Gasteiger partial charge on any atom is 0.275 e. The molecule has 70 valence electrons. The number of benzene rings is 1. The van der Waals surface area contributed by atoms with Crippen LogP contribution >= 0.6 is 15.9 Å². The summed E-state index contributed by atoms with van der Waals surface area (Å²) in [5.41, 5.74) is 0.818. The van der Waals surface area contributed by atoms with Gasteiger partial charge in [-0.05, 0) is 13.1 Å². The number of nitro benzene ring substituents is 1. The normalized spacial score (nSPS) is 10.0. The van der Waals surface area contributed by atoms with Gasteiger partial charge in [-0.3, -0.25) is 10.1 Å². The van der Waals surface area contributed by atoms with Crippen molar-refractivity contribution in [2.75, 3.05) is 7.05 Å². The number of hydrogen-bond donors (Lipinski definition) is 1. The molecule has 0 spiro atoms. The van der Waals surface area contributed by atoms with E-state index in [-0.39, 0.29) is 10.6 Å². The van der Waals surface area contributed by atoms with Crippen LogP contribution in [0.4, 0.5) is 5.69 Å². The Bertz CT molecular complexity index is 328. The van der Waals surface area contributed by atoms with Crippen molar-refractivity contribution < 1.29 is 4.92 Å². The third-order valence-corrected chi connectivity index (χ3v) is 2.39. The molecular formula is C8H9BrN2O2. The SMILES string of the molecule is CNCc1c(Br)cccc1[N+](=O)[O-]. The Labute approximate surface area is 84.2 Å². The molecule has 0 fully saturated rings. The van der Waals surface area contributed by atoms with Gasteiger partial charge in [0.05, 0.1) is 10.5 Å². The maximum atomic E-state index is 10.6. The number of rotatable bonds is 3. The Morgan fingerprint density at radius 1 is 1.62 bits per heavy atom. The Morgan fingerprint density at radius 3 is 2.85 bits per heavy atom. The highest BCUT2D eigenvalue weighted by molar-refractivity contribution is 9.10. The summed E-state index contributed by atoms with van der Waals surface area (Å²) in [6, 6.07) is 4.94. The van der Waals surface area contributed by atoms with Crippen LogP contribution in [0.5, 0.6) is 0 Å². The van der Waals surface area contributed by atoms with Crippen molar-refractivity contribution in [1.82, 2.24) is 5.32 Å². The minimum Gasteiger partial charge on any atom is -0.315 e. The molecule has 0 amide bonds. The standard InChI is InChI=1S/C8H9BrN2O2/c1-10-5-6-7(9)3-2-4-8(6)11(12)13/h2-4,10H,5H2,1H3. The average molecular weight is 245 g/mol. The molecular weight excluding hydrogens is 236 g/mol. The Balaban J connectivity index is 3.17. The summed E-state index contributed by atoms with van der Waals surface area (Å²) in [6.45, 7) is 0.484. The Morgan fingerprint density at radius 2 is 2.31 bits per heavy atom. The Kier molecular flexibility index (Phi) is 3.39. The van der Waals surface area contributed by atoms with E-state index >= 15 is 0 Å². The van der Waals surface area contributed by atoms with Crippen molar-refractivity contribution in [1.29, 1.82) is 0 Å². The van der Waals surface area contributed by atoms with Gasteiger partial charge in [-0.25, -0.2) is 0 Å². The number of halogens is 1. The average Bonchev–Trinajstić information content (AvgIpc) is 2.08. The van der Waals surface area contributed by atoms with Gasteiger partial charge in [0.15, 0.2) is 0 Å². The third kappa shape index (κ3) is 2.26. The van der Waals surface area contributed by atoms with Gasteiger partial charge in [-0.15, -0.1) is 0 Å². The minimum atomic E-state index is -0.378. The lowest BCUT2D eigenvalue weighted by atomic mass is 10.2. The van der Waals surface area contributed by atoms with Crippen LogP contribution < -0.4 is 5.32 Å². The van der Waals surface area contributed by atoms with Crippen molar-refractivity contribution in [3.8, 4) is 0 Å². The molecule has 0 aliphatic heterocycles. The predicted octanol–water partition coefficient (Wildman–Crippen LogP) is 2.08. The Hall–Kier alpha value is -0.940. The molecule has 4 nitrogen and oxygen atoms in total. The molecule has 0 aromatic heterocycles. The zero-order chi connectivity index (χ0) is 9.84. The first-order chi connectivity index (χ1) is 6.16. The van der Waals surface area contributed by atoms with Crippen LogP contribution in [0.2, 0.25) is 0 Å². The van der Waals surface area contributed by atoms with Crippen LogP contribution in [0.15, 0.2) is 22.7 Å². The maximum absolute atomic E-state index is 10.6. The molecule has 1 rings (SSSR count). The van der Waals surface area contributed by atoms with E-state index in [4.69, 9.17) is 0 Å². The fourth-order valence-corrected chi connectivity index (χ4v) is 1.57. The molecule has 1 aromatic rings. The monoisotopic (exact) mass is 244 g/mol. The second-order valence-electron chi connectivity index (χ2n) is 2.52. The molecule has 5 heteroatoms. The van der Waals surface area contributed by atoms with Crippen LogP contribution in [0.1, 0.15) is 5.56 Å². The van der Waals surface area contributed by atoms with Gasteiger partial charge >= 0.3 is 0 Å². The first-order valence-electron chi connectivity index (χ1n) is 3.73. The molecule has 0 unspecified atom stereocenters. The lowest BCUT2D eigenvalue weighted by Gasteiger charge is -2.03. The van der Waals surface area contributed by atoms with E-state index in [0.717, 1.165) is 4.47 Å². The molecule has 0 saturated heterocycles. The van der Waals surface area contributed by atoms with Crippen molar-refractivity contribution >= 4 is 21.6 Å². The fraction of sp³-hybridized carbons (Fsp3) is 0.250. The molecule has 1 aromatic carbocycles. The number of nitrogens with one attached hydrogen (secondary N) is 1. The van der Waals surface area contributed by atoms with Crippen LogP contribution in [-0.4, -0.2) is 12.0 Å². The van der Waals surface area contributed by atoms with Gasteiger partial charge < -0.3 is 5.32 Å². The van der Waals surface area contributed by atoms with E-state index in [2.05, 4.69) is 21.2 Å². The molecule has 0 aliphatic carbocycles. The van der Waals surface area contributed by atoms with Crippen molar-refractivity contribution in [2.24, 2.45) is 0 Å². The van der Waals surface area contributed by atoms with Gasteiger partial charge in [0.25, 0.3) is 5.69 Å². The topological polar surface area (TPSA) is 55.2 Å².